The molecule has 2 heterocycles. The van der Waals surface area contributed by atoms with Gasteiger partial charge in [-0.05, 0) is 67.4 Å². The van der Waals surface area contributed by atoms with E-state index in [4.69, 9.17) is 5.41 Å². The molecule has 1 aliphatic rings. The number of alkyl halides is 5. The van der Waals surface area contributed by atoms with Crippen LogP contribution in [0.3, 0.4) is 0 Å². The molecule has 0 saturated carbocycles. The second-order valence-corrected chi connectivity index (χ2v) is 11.8. The van der Waals surface area contributed by atoms with Crippen molar-refractivity contribution in [2.75, 3.05) is 11.6 Å². The maximum atomic E-state index is 13.6. The van der Waals surface area contributed by atoms with E-state index in [-0.39, 0.29) is 45.0 Å². The van der Waals surface area contributed by atoms with Crippen LogP contribution in [0.5, 0.6) is 11.5 Å². The minimum Gasteiger partial charge on any atom is -0.395 e. The zero-order valence-corrected chi connectivity index (χ0v) is 23.6. The Hall–Kier alpha value is -4.72. The maximum absolute atomic E-state index is 13.6. The number of nitrogens with zero attached hydrogens (tertiary/aromatic N) is 2. The number of fused-ring (bicyclic) bond motifs is 1. The molecule has 4 aromatic rings. The highest BCUT2D eigenvalue weighted by molar-refractivity contribution is 7.90. The molecular weight excluding hydrogens is 595 g/mol. The Balaban J connectivity index is 1.69. The molecule has 0 saturated heterocycles. The first-order valence-electron chi connectivity index (χ1n) is 12.5. The first kappa shape index (κ1) is 29.8. The highest BCUT2D eigenvalue weighted by Crippen LogP contribution is 2.43. The highest BCUT2D eigenvalue weighted by Gasteiger charge is 2.43. The van der Waals surface area contributed by atoms with Gasteiger partial charge in [-0.1, -0.05) is 18.2 Å². The number of ether oxygens (including phenoxy) is 2. The molecule has 0 radical (unpaired) electrons. The Bertz CT molecular complexity index is 1900. The van der Waals surface area contributed by atoms with Crippen LogP contribution in [0.1, 0.15) is 24.0 Å². The lowest BCUT2D eigenvalue weighted by Crippen LogP contribution is -2.25. The van der Waals surface area contributed by atoms with Gasteiger partial charge in [0.05, 0.1) is 10.6 Å². The molecule has 5 rings (SSSR count). The standard InChI is InChI=1S/C29H23F5N4O4S/c1-16(35)11-23(37-20-8-10-25-26(14-20)42-29(33,34)41-25)22-13-19(18-5-4-6-21(12-18)43(3,39)40)7-9-24(22)38-15-27(28(30,31)32)36-17(38)2/h4-15,35,37H,1-3H3/b23-11-,35-16?. The van der Waals surface area contributed by atoms with Crippen LogP contribution in [0.2, 0.25) is 0 Å². The molecule has 1 aromatic heterocycles. The lowest BCUT2D eigenvalue weighted by molar-refractivity contribution is -0.286. The van der Waals surface area contributed by atoms with Gasteiger partial charge in [0, 0.05) is 41.2 Å². The van der Waals surface area contributed by atoms with Gasteiger partial charge < -0.3 is 24.8 Å². The summed E-state index contributed by atoms with van der Waals surface area (Å²) >= 11 is 0. The van der Waals surface area contributed by atoms with Crippen LogP contribution >= 0.6 is 0 Å². The predicted molar refractivity (Wildman–Crippen MR) is 149 cm³/mol. The quantitative estimate of drug-likeness (QED) is 0.169. The van der Waals surface area contributed by atoms with E-state index in [0.29, 0.717) is 16.7 Å². The first-order chi connectivity index (χ1) is 20.0. The molecule has 0 fully saturated rings. The smallest absolute Gasteiger partial charge is 0.395 e. The van der Waals surface area contributed by atoms with Gasteiger partial charge in [-0.3, -0.25) is 0 Å². The average Bonchev–Trinajstić information content (AvgIpc) is 3.45. The molecule has 43 heavy (non-hydrogen) atoms. The predicted octanol–water partition coefficient (Wildman–Crippen LogP) is 7.08. The summed E-state index contributed by atoms with van der Waals surface area (Å²) in [5.74, 6) is -0.407. The van der Waals surface area contributed by atoms with Crippen LogP contribution in [0.25, 0.3) is 22.5 Å². The number of sulfone groups is 1. The molecule has 3 aromatic carbocycles. The van der Waals surface area contributed by atoms with E-state index in [1.807, 2.05) is 0 Å². The number of allylic oxidation sites excluding steroid dienone is 1. The van der Waals surface area contributed by atoms with E-state index in [2.05, 4.69) is 19.8 Å². The number of aromatic nitrogens is 2. The molecule has 0 unspecified atom stereocenters. The van der Waals surface area contributed by atoms with Crippen molar-refractivity contribution >= 4 is 26.9 Å². The summed E-state index contributed by atoms with van der Waals surface area (Å²) in [6.45, 7) is 2.88. The number of nitrogens with one attached hydrogen (secondary N) is 2. The third kappa shape index (κ3) is 6.38. The number of rotatable bonds is 7. The third-order valence-corrected chi connectivity index (χ3v) is 7.47. The summed E-state index contributed by atoms with van der Waals surface area (Å²) in [4.78, 5) is 3.73. The zero-order chi connectivity index (χ0) is 31.3. The van der Waals surface area contributed by atoms with Crippen LogP contribution < -0.4 is 14.8 Å². The molecular formula is C29H23F5N4O4S. The van der Waals surface area contributed by atoms with E-state index >= 15 is 0 Å². The summed E-state index contributed by atoms with van der Waals surface area (Å²) < 4.78 is 102. The van der Waals surface area contributed by atoms with E-state index in [1.54, 1.807) is 30.3 Å². The monoisotopic (exact) mass is 618 g/mol. The molecule has 0 amide bonds. The Morgan fingerprint density at radius 1 is 1.02 bits per heavy atom. The molecule has 0 atom stereocenters. The molecule has 2 N–H and O–H groups in total. The topological polar surface area (TPSA) is 106 Å². The molecule has 0 aliphatic carbocycles. The fraction of sp³-hybridized carbons (Fsp3) is 0.172. The maximum Gasteiger partial charge on any atom is 0.586 e. The minimum atomic E-state index is -4.71. The number of hydrogen-bond donors (Lipinski definition) is 2. The number of benzene rings is 3. The van der Waals surface area contributed by atoms with Crippen LogP contribution in [0.4, 0.5) is 27.6 Å². The normalized spacial score (nSPS) is 14.6. The van der Waals surface area contributed by atoms with Crippen molar-refractivity contribution in [1.29, 1.82) is 5.41 Å². The number of hydrogen-bond acceptors (Lipinski definition) is 7. The van der Waals surface area contributed by atoms with Gasteiger partial charge in [0.2, 0.25) is 0 Å². The Kier molecular flexibility index (Phi) is 7.28. The number of halogens is 5. The lowest BCUT2D eigenvalue weighted by Gasteiger charge is -2.19. The largest absolute Gasteiger partial charge is 0.586 e. The van der Waals surface area contributed by atoms with E-state index < -0.39 is 28.0 Å². The fourth-order valence-electron chi connectivity index (χ4n) is 4.48. The minimum absolute atomic E-state index is 0.0247. The lowest BCUT2D eigenvalue weighted by atomic mass is 9.99. The van der Waals surface area contributed by atoms with Crippen molar-refractivity contribution in [3.63, 3.8) is 0 Å². The van der Waals surface area contributed by atoms with Crippen LogP contribution in [0, 0.1) is 12.3 Å². The SMILES string of the molecule is CC(=N)/C=C(\Nc1ccc2c(c1)OC(F)(F)O2)c1cc(-c2cccc(S(C)(=O)=O)c2)ccc1-n1cc(C(F)(F)F)nc1C. The van der Waals surface area contributed by atoms with Crippen molar-refractivity contribution in [3.8, 4) is 28.3 Å². The first-order valence-corrected chi connectivity index (χ1v) is 14.4. The zero-order valence-electron chi connectivity index (χ0n) is 22.8. The summed E-state index contributed by atoms with van der Waals surface area (Å²) in [5.41, 5.74) is 0.978. The van der Waals surface area contributed by atoms with Gasteiger partial charge in [0.25, 0.3) is 0 Å². The molecule has 8 nitrogen and oxygen atoms in total. The van der Waals surface area contributed by atoms with Crippen LogP contribution in [0.15, 0.2) is 77.8 Å². The van der Waals surface area contributed by atoms with Gasteiger partial charge in [-0.15, -0.1) is 8.78 Å². The number of aryl methyl sites for hydroxylation is 1. The highest BCUT2D eigenvalue weighted by atomic mass is 32.2. The van der Waals surface area contributed by atoms with Gasteiger partial charge in [0.1, 0.15) is 5.82 Å². The fourth-order valence-corrected chi connectivity index (χ4v) is 5.15. The van der Waals surface area contributed by atoms with Gasteiger partial charge in [-0.25, -0.2) is 13.4 Å². The van der Waals surface area contributed by atoms with Gasteiger partial charge in [-0.2, -0.15) is 13.2 Å². The van der Waals surface area contributed by atoms with Crippen molar-refractivity contribution in [2.24, 2.45) is 0 Å². The molecule has 0 bridgehead atoms. The van der Waals surface area contributed by atoms with Crippen molar-refractivity contribution in [3.05, 3.63) is 90.0 Å². The van der Waals surface area contributed by atoms with Crippen LogP contribution in [-0.4, -0.2) is 36.2 Å². The van der Waals surface area contributed by atoms with Crippen molar-refractivity contribution in [2.45, 2.75) is 31.2 Å². The molecule has 0 spiro atoms. The number of anilines is 1. The number of imidazole rings is 1. The summed E-state index contributed by atoms with van der Waals surface area (Å²) in [6.07, 6.45) is -5.23. The second-order valence-electron chi connectivity index (χ2n) is 9.77. The molecule has 224 valence electrons. The van der Waals surface area contributed by atoms with Gasteiger partial charge >= 0.3 is 12.5 Å². The summed E-state index contributed by atoms with van der Waals surface area (Å²) in [6, 6.07) is 14.9. The Labute approximate surface area is 242 Å². The third-order valence-electron chi connectivity index (χ3n) is 6.36. The Morgan fingerprint density at radius 2 is 1.72 bits per heavy atom. The van der Waals surface area contributed by atoms with E-state index in [1.165, 1.54) is 54.8 Å². The van der Waals surface area contributed by atoms with E-state index in [0.717, 1.165) is 12.5 Å². The van der Waals surface area contributed by atoms with Gasteiger partial charge in [0.15, 0.2) is 27.0 Å². The molecule has 14 heteroatoms. The summed E-state index contributed by atoms with van der Waals surface area (Å²) in [5, 5.41) is 11.2. The van der Waals surface area contributed by atoms with Crippen LogP contribution in [-0.2, 0) is 16.0 Å². The average molecular weight is 619 g/mol. The van der Waals surface area contributed by atoms with E-state index in [9.17, 15) is 30.4 Å². The second kappa shape index (κ2) is 10.5. The van der Waals surface area contributed by atoms with Crippen molar-refractivity contribution < 1.29 is 39.8 Å². The Morgan fingerprint density at radius 3 is 2.37 bits per heavy atom. The molecule has 1 aliphatic heterocycles. The van der Waals surface area contributed by atoms with Crippen molar-refractivity contribution in [1.82, 2.24) is 9.55 Å². The summed E-state index contributed by atoms with van der Waals surface area (Å²) in [7, 11) is -3.54.